The number of carbonyl (C=O) groups excluding carboxylic acids is 2. The molecule has 7 heteroatoms. The molecule has 5 rings (SSSR count). The zero-order chi connectivity index (χ0) is 36.0. The molecule has 50 heavy (non-hydrogen) atoms. The lowest BCUT2D eigenvalue weighted by Gasteiger charge is -2.40. The van der Waals surface area contributed by atoms with Crippen molar-refractivity contribution < 1.29 is 19.1 Å². The van der Waals surface area contributed by atoms with Crippen molar-refractivity contribution >= 4 is 23.7 Å². The van der Waals surface area contributed by atoms with Gasteiger partial charge in [-0.15, -0.1) is 0 Å². The van der Waals surface area contributed by atoms with Crippen LogP contribution in [0.4, 0.5) is 0 Å². The number of pyridine rings is 1. The Morgan fingerprint density at radius 1 is 1.02 bits per heavy atom. The zero-order valence-electron chi connectivity index (χ0n) is 30.7. The van der Waals surface area contributed by atoms with E-state index < -0.39 is 18.0 Å². The van der Waals surface area contributed by atoms with Crippen molar-refractivity contribution in [3.63, 3.8) is 0 Å². The normalized spacial score (nSPS) is 18.4. The first-order valence-electron chi connectivity index (χ1n) is 17.6. The fraction of sp³-hybridized carbons (Fsp3) is 0.395. The minimum Gasteiger partial charge on any atom is -0.460 e. The summed E-state index contributed by atoms with van der Waals surface area (Å²) in [5.74, 6) is -1.15. The van der Waals surface area contributed by atoms with E-state index in [9.17, 15) is 9.59 Å². The van der Waals surface area contributed by atoms with E-state index >= 15 is 0 Å². The predicted octanol–water partition coefficient (Wildman–Crippen LogP) is 8.08. The third-order valence-electron chi connectivity index (χ3n) is 10.4. The van der Waals surface area contributed by atoms with Crippen LogP contribution in [0.1, 0.15) is 85.5 Å². The summed E-state index contributed by atoms with van der Waals surface area (Å²) in [6.45, 7) is 15.0. The lowest BCUT2D eigenvalue weighted by Crippen LogP contribution is -2.35. The third-order valence-corrected chi connectivity index (χ3v) is 10.4. The lowest BCUT2D eigenvalue weighted by molar-refractivity contribution is -0.147. The second-order valence-corrected chi connectivity index (χ2v) is 14.2. The largest absolute Gasteiger partial charge is 0.460 e. The molecule has 3 aromatic rings. The van der Waals surface area contributed by atoms with Crippen LogP contribution in [0.3, 0.4) is 0 Å². The number of aromatic nitrogens is 1. The number of allylic oxidation sites excluding steroid dienone is 4. The van der Waals surface area contributed by atoms with Crippen molar-refractivity contribution in [2.45, 2.75) is 91.4 Å². The summed E-state index contributed by atoms with van der Waals surface area (Å²) in [4.78, 5) is 34.7. The highest BCUT2D eigenvalue weighted by molar-refractivity contribution is 5.85. The zero-order valence-corrected chi connectivity index (χ0v) is 30.7. The van der Waals surface area contributed by atoms with Gasteiger partial charge in [0.2, 0.25) is 0 Å². The van der Waals surface area contributed by atoms with Gasteiger partial charge in [-0.25, -0.2) is 0 Å². The van der Waals surface area contributed by atoms with E-state index in [1.807, 2.05) is 19.2 Å². The van der Waals surface area contributed by atoms with Crippen molar-refractivity contribution in [3.8, 4) is 0 Å². The van der Waals surface area contributed by atoms with E-state index in [2.05, 4.69) is 106 Å². The van der Waals surface area contributed by atoms with E-state index in [-0.39, 0.29) is 36.5 Å². The molecule has 0 saturated heterocycles. The molecular formula is C43H51N3O4. The summed E-state index contributed by atoms with van der Waals surface area (Å²) >= 11 is 0. The molecule has 0 spiro atoms. The first-order chi connectivity index (χ1) is 23.9. The molecule has 2 aromatic carbocycles. The van der Waals surface area contributed by atoms with Gasteiger partial charge in [-0.3, -0.25) is 19.6 Å². The lowest BCUT2D eigenvalue weighted by atomic mass is 9.64. The number of hydrogen-bond acceptors (Lipinski definition) is 7. The van der Waals surface area contributed by atoms with Gasteiger partial charge >= 0.3 is 11.9 Å². The van der Waals surface area contributed by atoms with E-state index in [1.54, 1.807) is 26.2 Å². The topological polar surface area (TPSA) is 89.9 Å². The maximum atomic E-state index is 13.4. The van der Waals surface area contributed by atoms with Gasteiger partial charge in [0.05, 0.1) is 24.2 Å². The Bertz CT molecular complexity index is 1840. The smallest absolute Gasteiger partial charge is 0.320 e. The molecule has 3 unspecified atom stereocenters. The SMILES string of the molecule is CNCC(=O)OCc1cccnc1C(C)C(=O)OC(C)C1=CC(C[C@](C)(c2cc(C)ccc2C)[C@@H](C)C2=CC(c3ccc(C)cc3)=CC2)N=C1. The number of ether oxygens (including phenoxy) is 2. The Labute approximate surface area is 297 Å². The summed E-state index contributed by atoms with van der Waals surface area (Å²) in [6.07, 6.45) is 11.7. The van der Waals surface area contributed by atoms with Crippen LogP contribution in [0.5, 0.6) is 0 Å². The minimum atomic E-state index is -0.641. The van der Waals surface area contributed by atoms with Gasteiger partial charge in [0.15, 0.2) is 0 Å². The van der Waals surface area contributed by atoms with Crippen molar-refractivity contribution in [3.05, 3.63) is 129 Å². The molecule has 0 amide bonds. The molecule has 2 heterocycles. The highest BCUT2D eigenvalue weighted by Crippen LogP contribution is 2.46. The first kappa shape index (κ1) is 36.7. The Kier molecular flexibility index (Phi) is 11.7. The number of nitrogens with one attached hydrogen (secondary N) is 1. The molecule has 5 atom stereocenters. The highest BCUT2D eigenvalue weighted by atomic mass is 16.5. The summed E-state index contributed by atoms with van der Waals surface area (Å²) in [7, 11) is 1.68. The van der Waals surface area contributed by atoms with Gasteiger partial charge in [-0.2, -0.15) is 0 Å². The molecule has 1 aliphatic carbocycles. The highest BCUT2D eigenvalue weighted by Gasteiger charge is 2.39. The average molecular weight is 674 g/mol. The molecule has 1 aromatic heterocycles. The van der Waals surface area contributed by atoms with Crippen molar-refractivity contribution in [2.75, 3.05) is 13.6 Å². The van der Waals surface area contributed by atoms with Crippen LogP contribution < -0.4 is 5.32 Å². The van der Waals surface area contributed by atoms with Crippen LogP contribution in [0, 0.1) is 26.7 Å². The fourth-order valence-corrected chi connectivity index (χ4v) is 7.12. The number of hydrogen-bond donors (Lipinski definition) is 1. The Balaban J connectivity index is 1.32. The average Bonchev–Trinajstić information content (AvgIpc) is 3.79. The van der Waals surface area contributed by atoms with Crippen molar-refractivity contribution in [1.82, 2.24) is 10.3 Å². The molecule has 2 aliphatic rings. The van der Waals surface area contributed by atoms with E-state index in [1.165, 1.54) is 39.0 Å². The standard InChI is InChI=1S/C43H51N3O4/c1-27-12-15-33(16-13-27)35-18-17-34(21-35)31(5)43(7,39-20-28(2)11-14-29(39)3)23-38-22-37(24-46-38)32(6)50-42(48)30(4)41-36(10-9-19-45-41)26-49-40(47)25-44-8/h9-16,18-22,24,30-32,38,44H,17,23,25-26H2,1-8H3/t30?,31-,32?,38?,43-/m0/s1. The molecule has 1 aliphatic heterocycles. The summed E-state index contributed by atoms with van der Waals surface area (Å²) in [5, 5.41) is 2.78. The molecular weight excluding hydrogens is 622 g/mol. The second kappa shape index (κ2) is 15.9. The number of aliphatic imine (C=N–C) groups is 1. The van der Waals surface area contributed by atoms with Crippen LogP contribution in [0.2, 0.25) is 0 Å². The molecule has 262 valence electrons. The number of likely N-dealkylation sites (N-methyl/N-ethyl adjacent to an activating group) is 1. The molecule has 0 saturated carbocycles. The number of aryl methyl sites for hydroxylation is 3. The van der Waals surface area contributed by atoms with Crippen LogP contribution in [0.15, 0.2) is 95.2 Å². The first-order valence-corrected chi connectivity index (χ1v) is 17.6. The summed E-state index contributed by atoms with van der Waals surface area (Å²) < 4.78 is 11.3. The number of esters is 2. The van der Waals surface area contributed by atoms with Crippen LogP contribution in [-0.2, 0) is 31.1 Å². The molecule has 0 fully saturated rings. The number of benzene rings is 2. The van der Waals surface area contributed by atoms with Crippen LogP contribution in [-0.4, -0.2) is 48.9 Å². The quantitative estimate of drug-likeness (QED) is 0.174. The number of nitrogens with zero attached hydrogens (tertiary/aromatic N) is 2. The molecule has 1 N–H and O–H groups in total. The van der Waals surface area contributed by atoms with E-state index in [0.717, 1.165) is 18.4 Å². The second-order valence-electron chi connectivity index (χ2n) is 14.2. The molecule has 0 radical (unpaired) electrons. The van der Waals surface area contributed by atoms with Gasteiger partial charge in [0.1, 0.15) is 12.7 Å². The minimum absolute atomic E-state index is 0.0359. The number of rotatable bonds is 14. The van der Waals surface area contributed by atoms with Gasteiger partial charge in [0.25, 0.3) is 0 Å². The fourth-order valence-electron chi connectivity index (χ4n) is 7.12. The van der Waals surface area contributed by atoms with Crippen molar-refractivity contribution in [1.29, 1.82) is 0 Å². The van der Waals surface area contributed by atoms with E-state index in [0.29, 0.717) is 11.3 Å². The summed E-state index contributed by atoms with van der Waals surface area (Å²) in [5.41, 5.74) is 11.0. The van der Waals surface area contributed by atoms with Gasteiger partial charge < -0.3 is 14.8 Å². The van der Waals surface area contributed by atoms with Gasteiger partial charge in [-0.05, 0) is 88.8 Å². The Hall–Kier alpha value is -4.62. The molecule has 7 nitrogen and oxygen atoms in total. The maximum Gasteiger partial charge on any atom is 0.320 e. The van der Waals surface area contributed by atoms with Gasteiger partial charge in [-0.1, -0.05) is 97.3 Å². The predicted molar refractivity (Wildman–Crippen MR) is 201 cm³/mol. The number of carbonyl (C=O) groups is 2. The van der Waals surface area contributed by atoms with Crippen molar-refractivity contribution in [2.24, 2.45) is 10.9 Å². The van der Waals surface area contributed by atoms with Crippen LogP contribution >= 0.6 is 0 Å². The molecule has 0 bridgehead atoms. The summed E-state index contributed by atoms with van der Waals surface area (Å²) in [6, 6.07) is 19.1. The maximum absolute atomic E-state index is 13.4. The Morgan fingerprint density at radius 3 is 2.50 bits per heavy atom. The van der Waals surface area contributed by atoms with Crippen LogP contribution in [0.25, 0.3) is 5.57 Å². The Morgan fingerprint density at radius 2 is 1.76 bits per heavy atom. The third kappa shape index (κ3) is 8.39. The van der Waals surface area contributed by atoms with E-state index in [4.69, 9.17) is 14.5 Å². The monoisotopic (exact) mass is 673 g/mol. The van der Waals surface area contributed by atoms with Gasteiger partial charge in [0, 0.05) is 29.0 Å².